The van der Waals surface area contributed by atoms with Crippen molar-refractivity contribution in [2.75, 3.05) is 32.5 Å². The molecule has 3 nitrogen and oxygen atoms in total. The molecule has 2 rings (SSSR count). The molecule has 6 heteroatoms. The summed E-state index contributed by atoms with van der Waals surface area (Å²) >= 11 is 0. The smallest absolute Gasteiger partial charge is 0.384 e. The maximum absolute atomic E-state index is 12.9. The van der Waals surface area contributed by atoms with E-state index in [9.17, 15) is 13.2 Å². The van der Waals surface area contributed by atoms with Crippen LogP contribution in [0.3, 0.4) is 0 Å². The third-order valence-electron chi connectivity index (χ3n) is 3.53. The van der Waals surface area contributed by atoms with Gasteiger partial charge in [0, 0.05) is 29.2 Å². The fourth-order valence-corrected chi connectivity index (χ4v) is 2.35. The summed E-state index contributed by atoms with van der Waals surface area (Å²) in [4.78, 5) is 5.96. The Hall–Kier alpha value is -2.08. The second kappa shape index (κ2) is 7.00. The van der Waals surface area contributed by atoms with E-state index >= 15 is 0 Å². The Morgan fingerprint density at radius 1 is 1.22 bits per heavy atom. The average molecular weight is 323 g/mol. The van der Waals surface area contributed by atoms with Gasteiger partial charge in [-0.05, 0) is 39.2 Å². The number of aromatic nitrogens is 1. The van der Waals surface area contributed by atoms with Crippen LogP contribution in [0.1, 0.15) is 12.1 Å². The number of allylic oxidation sites excluding steroid dienone is 1. The molecule has 23 heavy (non-hydrogen) atoms. The lowest BCUT2D eigenvalue weighted by molar-refractivity contribution is -0.0688. The van der Waals surface area contributed by atoms with E-state index in [1.165, 1.54) is 6.20 Å². The fourth-order valence-electron chi connectivity index (χ4n) is 2.35. The molecule has 0 bridgehead atoms. The first kappa shape index (κ1) is 17.3. The van der Waals surface area contributed by atoms with E-state index in [0.717, 1.165) is 25.2 Å². The Morgan fingerprint density at radius 3 is 2.61 bits per heavy atom. The minimum absolute atomic E-state index is 0.119. The molecule has 0 saturated heterocycles. The van der Waals surface area contributed by atoms with Gasteiger partial charge < -0.3 is 10.2 Å². The molecule has 0 fully saturated rings. The Bertz CT molecular complexity index is 693. The van der Waals surface area contributed by atoms with Crippen molar-refractivity contribution in [3.8, 4) is 0 Å². The van der Waals surface area contributed by atoms with Crippen LogP contribution in [0.5, 0.6) is 0 Å². The molecule has 0 radical (unpaired) electrons. The zero-order valence-electron chi connectivity index (χ0n) is 13.2. The van der Waals surface area contributed by atoms with Gasteiger partial charge in [0.1, 0.15) is 0 Å². The largest absolute Gasteiger partial charge is 0.417 e. The number of fused-ring (bicyclic) bond motifs is 1. The predicted octanol–water partition coefficient (Wildman–Crippen LogP) is 4.17. The van der Waals surface area contributed by atoms with Gasteiger partial charge in [-0.15, -0.1) is 0 Å². The topological polar surface area (TPSA) is 28.2 Å². The summed E-state index contributed by atoms with van der Waals surface area (Å²) in [6.45, 7) is 4.84. The normalized spacial score (nSPS) is 11.9. The summed E-state index contributed by atoms with van der Waals surface area (Å²) in [5.74, 6) is 0. The molecule has 1 N–H and O–H groups in total. The summed E-state index contributed by atoms with van der Waals surface area (Å²) in [5.41, 5.74) is -0.236. The number of anilines is 1. The predicted molar refractivity (Wildman–Crippen MR) is 88.5 cm³/mol. The molecule has 0 atom stereocenters. The van der Waals surface area contributed by atoms with Crippen LogP contribution in [0.2, 0.25) is 0 Å². The summed E-state index contributed by atoms with van der Waals surface area (Å²) < 4.78 is 38.8. The summed E-state index contributed by atoms with van der Waals surface area (Å²) in [6.07, 6.45) is -2.16. The minimum atomic E-state index is -4.49. The Balaban J connectivity index is 2.30. The van der Waals surface area contributed by atoms with E-state index in [1.807, 2.05) is 20.2 Å². The second-order valence-electron chi connectivity index (χ2n) is 5.62. The van der Waals surface area contributed by atoms with E-state index in [4.69, 9.17) is 0 Å². The van der Waals surface area contributed by atoms with Crippen molar-refractivity contribution in [3.05, 3.63) is 42.7 Å². The van der Waals surface area contributed by atoms with Gasteiger partial charge in [-0.25, -0.2) is 0 Å². The summed E-state index contributed by atoms with van der Waals surface area (Å²) in [6, 6.07) is 6.94. The van der Waals surface area contributed by atoms with Crippen LogP contribution in [-0.4, -0.2) is 43.2 Å². The molecule has 0 amide bonds. The van der Waals surface area contributed by atoms with Crippen molar-refractivity contribution in [1.82, 2.24) is 9.88 Å². The quantitative estimate of drug-likeness (QED) is 0.809. The molecular formula is C17H20F3N3. The number of nitrogens with zero attached hydrogens (tertiary/aromatic N) is 2. The Labute approximate surface area is 133 Å². The number of hydrogen-bond donors (Lipinski definition) is 1. The molecule has 0 unspecified atom stereocenters. The average Bonchev–Trinajstić information content (AvgIpc) is 2.49. The lowest BCUT2D eigenvalue weighted by Gasteiger charge is -2.15. The SMILES string of the molecule is C=C(c1nccc2c(NCCCN(C)C)cccc12)C(F)(F)F. The third-order valence-corrected chi connectivity index (χ3v) is 3.53. The van der Waals surface area contributed by atoms with Gasteiger partial charge in [0.2, 0.25) is 0 Å². The van der Waals surface area contributed by atoms with Crippen molar-refractivity contribution in [1.29, 1.82) is 0 Å². The highest BCUT2D eigenvalue weighted by molar-refractivity contribution is 5.99. The van der Waals surface area contributed by atoms with E-state index < -0.39 is 11.7 Å². The zero-order valence-corrected chi connectivity index (χ0v) is 13.2. The first-order valence-corrected chi connectivity index (χ1v) is 7.33. The number of hydrogen-bond acceptors (Lipinski definition) is 3. The van der Waals surface area contributed by atoms with Crippen LogP contribution in [0, 0.1) is 0 Å². The van der Waals surface area contributed by atoms with Gasteiger partial charge >= 0.3 is 6.18 Å². The maximum Gasteiger partial charge on any atom is 0.417 e. The van der Waals surface area contributed by atoms with Crippen molar-refractivity contribution >= 4 is 22.0 Å². The molecule has 0 aliphatic carbocycles. The second-order valence-corrected chi connectivity index (χ2v) is 5.62. The standard InChI is InChI=1S/C17H20F3N3/c1-12(17(18,19)20)16-14-6-4-7-15(13(14)8-10-22-16)21-9-5-11-23(2)3/h4,6-8,10,21H,1,5,9,11H2,2-3H3. The first-order valence-electron chi connectivity index (χ1n) is 7.33. The third kappa shape index (κ3) is 4.22. The molecule has 1 aromatic heterocycles. The lowest BCUT2D eigenvalue weighted by atomic mass is 10.0. The van der Waals surface area contributed by atoms with Crippen molar-refractivity contribution < 1.29 is 13.2 Å². The Morgan fingerprint density at radius 2 is 1.96 bits per heavy atom. The number of benzene rings is 1. The van der Waals surface area contributed by atoms with Crippen LogP contribution in [0.25, 0.3) is 16.3 Å². The number of nitrogens with one attached hydrogen (secondary N) is 1. The molecule has 0 spiro atoms. The Kier molecular flexibility index (Phi) is 5.26. The van der Waals surface area contributed by atoms with Gasteiger partial charge in [-0.1, -0.05) is 18.7 Å². The molecule has 0 saturated carbocycles. The van der Waals surface area contributed by atoms with E-state index in [1.54, 1.807) is 18.2 Å². The molecule has 124 valence electrons. The van der Waals surface area contributed by atoms with Gasteiger partial charge in [0.15, 0.2) is 0 Å². The number of pyridine rings is 1. The van der Waals surface area contributed by atoms with Gasteiger partial charge in [0.05, 0.1) is 11.3 Å². The minimum Gasteiger partial charge on any atom is -0.384 e. The van der Waals surface area contributed by atoms with E-state index in [2.05, 4.69) is 21.8 Å². The fraction of sp³-hybridized carbons (Fsp3) is 0.353. The molecule has 0 aliphatic rings. The van der Waals surface area contributed by atoms with E-state index in [-0.39, 0.29) is 5.69 Å². The van der Waals surface area contributed by atoms with Gasteiger partial charge in [0.25, 0.3) is 0 Å². The highest BCUT2D eigenvalue weighted by Gasteiger charge is 2.34. The summed E-state index contributed by atoms with van der Waals surface area (Å²) in [7, 11) is 4.00. The molecular weight excluding hydrogens is 303 g/mol. The van der Waals surface area contributed by atoms with Crippen LogP contribution in [0.4, 0.5) is 18.9 Å². The highest BCUT2D eigenvalue weighted by Crippen LogP contribution is 2.36. The van der Waals surface area contributed by atoms with Crippen molar-refractivity contribution in [2.24, 2.45) is 0 Å². The zero-order chi connectivity index (χ0) is 17.0. The van der Waals surface area contributed by atoms with E-state index in [0.29, 0.717) is 10.8 Å². The maximum atomic E-state index is 12.9. The number of rotatable bonds is 6. The molecule has 0 aliphatic heterocycles. The van der Waals surface area contributed by atoms with Crippen LogP contribution in [-0.2, 0) is 0 Å². The van der Waals surface area contributed by atoms with Crippen LogP contribution in [0.15, 0.2) is 37.0 Å². The van der Waals surface area contributed by atoms with Crippen molar-refractivity contribution in [3.63, 3.8) is 0 Å². The van der Waals surface area contributed by atoms with Gasteiger partial charge in [-0.2, -0.15) is 13.2 Å². The van der Waals surface area contributed by atoms with Crippen LogP contribution < -0.4 is 5.32 Å². The highest BCUT2D eigenvalue weighted by atomic mass is 19.4. The van der Waals surface area contributed by atoms with Crippen molar-refractivity contribution in [2.45, 2.75) is 12.6 Å². The number of halogens is 3. The monoisotopic (exact) mass is 323 g/mol. The summed E-state index contributed by atoms with van der Waals surface area (Å²) in [5, 5.41) is 4.45. The molecule has 1 aromatic carbocycles. The first-order chi connectivity index (χ1) is 10.8. The van der Waals surface area contributed by atoms with Crippen LogP contribution >= 0.6 is 0 Å². The number of alkyl halides is 3. The molecule has 2 aromatic rings. The lowest BCUT2D eigenvalue weighted by Crippen LogP contribution is -2.16. The molecule has 1 heterocycles. The van der Waals surface area contributed by atoms with Gasteiger partial charge in [-0.3, -0.25) is 4.98 Å².